The van der Waals surface area contributed by atoms with Crippen molar-refractivity contribution >= 4 is 17.9 Å². The number of hydrogen-bond donors (Lipinski definition) is 1. The molecule has 2 unspecified atom stereocenters. The number of nitrogens with zero attached hydrogens (tertiary/aromatic N) is 1. The first-order valence-electron chi connectivity index (χ1n) is 24.0. The van der Waals surface area contributed by atoms with E-state index in [4.69, 9.17) is 14.2 Å². The standard InChI is InChI=1S/C52H89NO7/c1-6-8-10-12-14-16-18-20-22-23-24-25-26-27-28-29-31-32-34-36-38-40-42-50(54)59-47-48(46-58-45-44-49(52(56)57)53(3,4)5)60-51(55)43-41-39-37-35-33-30-21-19-17-15-13-11-9-7-2/h9,11,14-17,20-22,24-25,30,48-49H,6-8,10,12-13,18-19,23,26-29,31-47H2,1-5H3/p+1/b11-9+,16-14+,17-15+,22-20+,25-24+,30-21+. The van der Waals surface area contributed by atoms with Crippen molar-refractivity contribution in [3.8, 4) is 0 Å². The van der Waals surface area contributed by atoms with Crippen LogP contribution in [0.15, 0.2) is 72.9 Å². The number of likely N-dealkylation sites (N-methyl/N-ethyl adjacent to an activating group) is 1. The van der Waals surface area contributed by atoms with Crippen molar-refractivity contribution in [3.05, 3.63) is 72.9 Å². The molecule has 1 N–H and O–H groups in total. The van der Waals surface area contributed by atoms with Crippen molar-refractivity contribution < 1.29 is 38.2 Å². The second kappa shape index (κ2) is 42.5. The molecule has 0 heterocycles. The number of carboxylic acid groups (broad SMARTS) is 1. The highest BCUT2D eigenvalue weighted by atomic mass is 16.6. The third kappa shape index (κ3) is 40.2. The summed E-state index contributed by atoms with van der Waals surface area (Å²) in [6.07, 6.45) is 53.8. The number of carbonyl (C=O) groups excluding carboxylic acids is 2. The first-order chi connectivity index (χ1) is 29.1. The van der Waals surface area contributed by atoms with E-state index in [2.05, 4.69) is 86.8 Å². The third-order valence-corrected chi connectivity index (χ3v) is 10.3. The van der Waals surface area contributed by atoms with Crippen LogP contribution in [0.1, 0.15) is 187 Å². The van der Waals surface area contributed by atoms with Gasteiger partial charge >= 0.3 is 17.9 Å². The van der Waals surface area contributed by atoms with Crippen molar-refractivity contribution in [2.75, 3.05) is 41.0 Å². The highest BCUT2D eigenvalue weighted by Gasteiger charge is 2.31. The van der Waals surface area contributed by atoms with Crippen LogP contribution in [0, 0.1) is 0 Å². The smallest absolute Gasteiger partial charge is 0.362 e. The molecule has 0 aliphatic carbocycles. The van der Waals surface area contributed by atoms with Crippen molar-refractivity contribution in [1.29, 1.82) is 0 Å². The molecule has 0 aliphatic rings. The highest BCUT2D eigenvalue weighted by molar-refractivity contribution is 5.72. The van der Waals surface area contributed by atoms with Crippen LogP contribution in [-0.2, 0) is 28.6 Å². The summed E-state index contributed by atoms with van der Waals surface area (Å²) in [5.41, 5.74) is 0. The van der Waals surface area contributed by atoms with E-state index < -0.39 is 18.1 Å². The number of ether oxygens (including phenoxy) is 3. The maximum Gasteiger partial charge on any atom is 0.362 e. The predicted molar refractivity (Wildman–Crippen MR) is 252 cm³/mol. The van der Waals surface area contributed by atoms with Crippen molar-refractivity contribution in [2.45, 2.75) is 199 Å². The van der Waals surface area contributed by atoms with Crippen molar-refractivity contribution in [1.82, 2.24) is 0 Å². The van der Waals surface area contributed by atoms with Gasteiger partial charge in [-0.3, -0.25) is 9.59 Å². The summed E-state index contributed by atoms with van der Waals surface area (Å²) in [5.74, 6) is -1.51. The van der Waals surface area contributed by atoms with Gasteiger partial charge in [-0.2, -0.15) is 0 Å². The van der Waals surface area contributed by atoms with Crippen LogP contribution < -0.4 is 0 Å². The van der Waals surface area contributed by atoms with Crippen LogP contribution in [0.4, 0.5) is 0 Å². The van der Waals surface area contributed by atoms with E-state index in [1.54, 1.807) is 0 Å². The lowest BCUT2D eigenvalue weighted by Crippen LogP contribution is -2.50. The third-order valence-electron chi connectivity index (χ3n) is 10.3. The molecule has 344 valence electrons. The van der Waals surface area contributed by atoms with Crippen LogP contribution in [0.5, 0.6) is 0 Å². The lowest BCUT2D eigenvalue weighted by molar-refractivity contribution is -0.887. The Balaban J connectivity index is 4.29. The second-order valence-electron chi connectivity index (χ2n) is 17.0. The first-order valence-corrected chi connectivity index (χ1v) is 24.0. The zero-order chi connectivity index (χ0) is 44.2. The van der Waals surface area contributed by atoms with Gasteiger partial charge in [0.05, 0.1) is 34.4 Å². The van der Waals surface area contributed by atoms with Crippen LogP contribution in [0.25, 0.3) is 0 Å². The van der Waals surface area contributed by atoms with E-state index >= 15 is 0 Å². The zero-order valence-electron chi connectivity index (χ0n) is 39.1. The van der Waals surface area contributed by atoms with Gasteiger partial charge in [0.2, 0.25) is 0 Å². The molecule has 0 rings (SSSR count). The van der Waals surface area contributed by atoms with Crippen LogP contribution in [0.2, 0.25) is 0 Å². The Bertz CT molecular complexity index is 1210. The lowest BCUT2D eigenvalue weighted by Gasteiger charge is -2.31. The average molecular weight is 841 g/mol. The maximum absolute atomic E-state index is 12.7. The molecule has 0 saturated heterocycles. The first kappa shape index (κ1) is 56.8. The van der Waals surface area contributed by atoms with Gasteiger partial charge in [-0.1, -0.05) is 157 Å². The Labute approximate surface area is 368 Å². The quantitative estimate of drug-likeness (QED) is 0.0283. The molecule has 0 spiro atoms. The Hall–Kier alpha value is -3.23. The van der Waals surface area contributed by atoms with E-state index in [0.717, 1.165) is 89.9 Å². The van der Waals surface area contributed by atoms with E-state index in [1.165, 1.54) is 64.2 Å². The molecule has 60 heavy (non-hydrogen) atoms. The molecule has 0 fully saturated rings. The molecule has 0 aromatic carbocycles. The number of hydrogen-bond acceptors (Lipinski definition) is 6. The molecule has 0 radical (unpaired) electrons. The zero-order valence-corrected chi connectivity index (χ0v) is 39.1. The summed E-state index contributed by atoms with van der Waals surface area (Å²) in [7, 11) is 5.51. The minimum Gasteiger partial charge on any atom is -0.477 e. The molecule has 0 amide bonds. The fraction of sp³-hybridized carbons (Fsp3) is 0.712. The van der Waals surface area contributed by atoms with Gasteiger partial charge in [-0.25, -0.2) is 4.79 Å². The number of unbranched alkanes of at least 4 members (excludes halogenated alkanes) is 16. The largest absolute Gasteiger partial charge is 0.477 e. The van der Waals surface area contributed by atoms with Gasteiger partial charge in [0.15, 0.2) is 12.1 Å². The molecule has 0 bridgehead atoms. The van der Waals surface area contributed by atoms with Gasteiger partial charge in [0.25, 0.3) is 0 Å². The van der Waals surface area contributed by atoms with E-state index in [-0.39, 0.29) is 36.2 Å². The van der Waals surface area contributed by atoms with Gasteiger partial charge in [-0.15, -0.1) is 0 Å². The highest BCUT2D eigenvalue weighted by Crippen LogP contribution is 2.14. The van der Waals surface area contributed by atoms with Crippen LogP contribution in [-0.4, -0.2) is 80.6 Å². The van der Waals surface area contributed by atoms with Crippen molar-refractivity contribution in [2.24, 2.45) is 0 Å². The summed E-state index contributed by atoms with van der Waals surface area (Å²) in [6, 6.07) is -0.623. The van der Waals surface area contributed by atoms with E-state index in [0.29, 0.717) is 19.3 Å². The Morgan fingerprint density at radius 2 is 0.933 bits per heavy atom. The number of carbonyl (C=O) groups is 3. The minimum atomic E-state index is -0.882. The Morgan fingerprint density at radius 1 is 0.517 bits per heavy atom. The number of carboxylic acids is 1. The monoisotopic (exact) mass is 841 g/mol. The number of esters is 2. The summed E-state index contributed by atoms with van der Waals surface area (Å²) < 4.78 is 17.3. The molecule has 0 saturated carbocycles. The van der Waals surface area contributed by atoms with E-state index in [9.17, 15) is 19.5 Å². The molecular formula is C52H90NO7+. The molecule has 0 aromatic heterocycles. The molecular weight excluding hydrogens is 751 g/mol. The average Bonchev–Trinajstić information content (AvgIpc) is 3.21. The fourth-order valence-corrected chi connectivity index (χ4v) is 6.64. The molecule has 8 nitrogen and oxygen atoms in total. The lowest BCUT2D eigenvalue weighted by atomic mass is 10.1. The predicted octanol–water partition coefficient (Wildman–Crippen LogP) is 13.5. The normalized spacial score (nSPS) is 13.6. The summed E-state index contributed by atoms with van der Waals surface area (Å²) >= 11 is 0. The molecule has 2 atom stereocenters. The fourth-order valence-electron chi connectivity index (χ4n) is 6.64. The summed E-state index contributed by atoms with van der Waals surface area (Å²) in [6.45, 7) is 4.56. The van der Waals surface area contributed by atoms with Gasteiger partial charge < -0.3 is 23.8 Å². The van der Waals surface area contributed by atoms with Crippen LogP contribution >= 0.6 is 0 Å². The number of aliphatic carboxylic acids is 1. The molecule has 8 heteroatoms. The second-order valence-corrected chi connectivity index (χ2v) is 17.0. The maximum atomic E-state index is 12.7. The molecule has 0 aliphatic heterocycles. The SMILES string of the molecule is CC/C=C/C/C=C/C/C=C/CCCCCCC(=O)OC(COCCC(C(=O)O)[N+](C)(C)C)COC(=O)CCCCCCCCCCC/C=C/C/C=C/C/C=C/CCCCC. The van der Waals surface area contributed by atoms with Gasteiger partial charge in [-0.05, 0) is 83.5 Å². The topological polar surface area (TPSA) is 99.1 Å². The number of rotatable bonds is 42. The molecule has 0 aromatic rings. The number of allylic oxidation sites excluding steroid dienone is 12. The summed E-state index contributed by atoms with van der Waals surface area (Å²) in [5, 5.41) is 9.63. The van der Waals surface area contributed by atoms with Crippen LogP contribution in [0.3, 0.4) is 0 Å². The van der Waals surface area contributed by atoms with Crippen molar-refractivity contribution in [3.63, 3.8) is 0 Å². The van der Waals surface area contributed by atoms with Gasteiger partial charge in [0.1, 0.15) is 6.61 Å². The van der Waals surface area contributed by atoms with Gasteiger partial charge in [0, 0.05) is 19.3 Å². The number of quaternary nitrogens is 1. The Kier molecular flexibility index (Phi) is 40.2. The van der Waals surface area contributed by atoms with E-state index in [1.807, 2.05) is 21.1 Å². The minimum absolute atomic E-state index is 0.0470. The Morgan fingerprint density at radius 3 is 1.38 bits per heavy atom. The summed E-state index contributed by atoms with van der Waals surface area (Å²) in [4.78, 5) is 37.1.